The van der Waals surface area contributed by atoms with Crippen molar-refractivity contribution in [1.29, 1.82) is 5.26 Å². The first-order valence-corrected chi connectivity index (χ1v) is 12.1. The van der Waals surface area contributed by atoms with E-state index in [0.29, 0.717) is 5.56 Å². The summed E-state index contributed by atoms with van der Waals surface area (Å²) < 4.78 is 0. The molecule has 0 N–H and O–H groups in total. The van der Waals surface area contributed by atoms with Gasteiger partial charge in [-0.25, -0.2) is 5.01 Å². The summed E-state index contributed by atoms with van der Waals surface area (Å²) in [7, 11) is 0. The van der Waals surface area contributed by atoms with Crippen LogP contribution in [0.15, 0.2) is 101 Å². The molecule has 37 heavy (non-hydrogen) atoms. The van der Waals surface area contributed by atoms with Gasteiger partial charge >= 0.3 is 0 Å². The van der Waals surface area contributed by atoms with Gasteiger partial charge in [0.15, 0.2) is 0 Å². The molecule has 7 heteroatoms. The fraction of sp³-hybridized carbons (Fsp3) is 0.167. The first-order valence-electron chi connectivity index (χ1n) is 12.1. The Bertz CT molecular complexity index is 1450. The van der Waals surface area contributed by atoms with Gasteiger partial charge < -0.3 is 0 Å². The summed E-state index contributed by atoms with van der Waals surface area (Å²) in [4.78, 5) is 24.2. The van der Waals surface area contributed by atoms with Gasteiger partial charge in [-0.1, -0.05) is 60.7 Å². The molecule has 7 nitrogen and oxygen atoms in total. The maximum atomic E-state index is 13.7. The standard InChI is InChI=1S/C30H24N4O3/c31-20-25(19-22-14-16-26(17-15-22)34(36)37)30(35)33-29(23-10-5-2-6-11-23)27-13-7-12-24(28(27)32-33)18-21-8-3-1-4-9-21/h1-6,8-11,14-19,27,29H,7,12-13H2/b24-18+,25-19-. The third-order valence-electron chi connectivity index (χ3n) is 6.76. The molecular formula is C30H24N4O3. The Morgan fingerprint density at radius 3 is 2.32 bits per heavy atom. The minimum absolute atomic E-state index is 0.0226. The number of hydrogen-bond acceptors (Lipinski definition) is 5. The summed E-state index contributed by atoms with van der Waals surface area (Å²) in [6, 6.07) is 27.3. The quantitative estimate of drug-likeness (QED) is 0.181. The van der Waals surface area contributed by atoms with Gasteiger partial charge in [0.2, 0.25) is 0 Å². The maximum Gasteiger partial charge on any atom is 0.285 e. The number of nitriles is 1. The van der Waals surface area contributed by atoms with Crippen LogP contribution in [0.5, 0.6) is 0 Å². The summed E-state index contributed by atoms with van der Waals surface area (Å²) in [5, 5.41) is 27.2. The second-order valence-electron chi connectivity index (χ2n) is 9.09. The van der Waals surface area contributed by atoms with Crippen LogP contribution in [-0.2, 0) is 4.79 Å². The minimum atomic E-state index is -0.490. The van der Waals surface area contributed by atoms with Gasteiger partial charge in [-0.2, -0.15) is 10.4 Å². The van der Waals surface area contributed by atoms with Crippen molar-refractivity contribution in [1.82, 2.24) is 5.01 Å². The highest BCUT2D eigenvalue weighted by atomic mass is 16.6. The first kappa shape index (κ1) is 23.9. The highest BCUT2D eigenvalue weighted by Crippen LogP contribution is 2.44. The number of amides is 1. The Labute approximate surface area is 214 Å². The number of nitrogens with zero attached hydrogens (tertiary/aromatic N) is 4. The molecule has 2 aliphatic rings. The van der Waals surface area contributed by atoms with Gasteiger partial charge in [0, 0.05) is 18.1 Å². The molecule has 182 valence electrons. The van der Waals surface area contributed by atoms with E-state index in [2.05, 4.69) is 6.08 Å². The molecule has 0 aromatic heterocycles. The molecule has 1 heterocycles. The second-order valence-corrected chi connectivity index (χ2v) is 9.09. The second kappa shape index (κ2) is 10.4. The van der Waals surface area contributed by atoms with E-state index in [1.54, 1.807) is 0 Å². The van der Waals surface area contributed by atoms with Crippen molar-refractivity contribution in [2.75, 3.05) is 0 Å². The van der Waals surface area contributed by atoms with Gasteiger partial charge in [-0.3, -0.25) is 14.9 Å². The number of rotatable bonds is 5. The van der Waals surface area contributed by atoms with Crippen molar-refractivity contribution in [3.05, 3.63) is 123 Å². The van der Waals surface area contributed by atoms with Crippen LogP contribution in [0, 0.1) is 27.4 Å². The average Bonchev–Trinajstić information content (AvgIpc) is 3.33. The molecule has 1 fully saturated rings. The molecule has 2 atom stereocenters. The Balaban J connectivity index is 1.54. The highest BCUT2D eigenvalue weighted by Gasteiger charge is 2.44. The number of benzene rings is 3. The van der Waals surface area contributed by atoms with Gasteiger partial charge in [-0.05, 0) is 65.8 Å². The zero-order chi connectivity index (χ0) is 25.8. The number of fused-ring (bicyclic) bond motifs is 1. The van der Waals surface area contributed by atoms with E-state index in [-0.39, 0.29) is 23.2 Å². The van der Waals surface area contributed by atoms with Gasteiger partial charge in [0.1, 0.15) is 11.6 Å². The number of non-ortho nitro benzene ring substituents is 1. The topological polar surface area (TPSA) is 99.6 Å². The fourth-order valence-electron chi connectivity index (χ4n) is 5.03. The van der Waals surface area contributed by atoms with Crippen molar-refractivity contribution in [2.45, 2.75) is 25.3 Å². The first-order chi connectivity index (χ1) is 18.0. The van der Waals surface area contributed by atoms with Crippen LogP contribution < -0.4 is 0 Å². The fourth-order valence-corrected chi connectivity index (χ4v) is 5.03. The van der Waals surface area contributed by atoms with E-state index in [4.69, 9.17) is 5.10 Å². The van der Waals surface area contributed by atoms with Gasteiger partial charge in [0.05, 0.1) is 16.7 Å². The Morgan fingerprint density at radius 1 is 1.00 bits per heavy atom. The lowest BCUT2D eigenvalue weighted by atomic mass is 9.77. The normalized spacial score (nSPS) is 20.2. The smallest absolute Gasteiger partial charge is 0.266 e. The van der Waals surface area contributed by atoms with Crippen LogP contribution >= 0.6 is 0 Å². The number of hydrogen-bond donors (Lipinski definition) is 0. The molecule has 2 unspecified atom stereocenters. The number of allylic oxidation sites excluding steroid dienone is 1. The average molecular weight is 489 g/mol. The maximum absolute atomic E-state index is 13.7. The van der Waals surface area contributed by atoms with Crippen LogP contribution in [0.2, 0.25) is 0 Å². The Hall–Kier alpha value is -4.83. The van der Waals surface area contributed by atoms with Crippen LogP contribution in [0.4, 0.5) is 5.69 Å². The van der Waals surface area contributed by atoms with E-state index >= 15 is 0 Å². The molecule has 1 amide bonds. The summed E-state index contributed by atoms with van der Waals surface area (Å²) in [6.45, 7) is 0. The van der Waals surface area contributed by atoms with Crippen molar-refractivity contribution >= 4 is 29.5 Å². The summed E-state index contributed by atoms with van der Waals surface area (Å²) >= 11 is 0. The summed E-state index contributed by atoms with van der Waals surface area (Å²) in [5.41, 5.74) is 4.44. The van der Waals surface area contributed by atoms with Crippen molar-refractivity contribution < 1.29 is 9.72 Å². The lowest BCUT2D eigenvalue weighted by Crippen LogP contribution is -2.32. The van der Waals surface area contributed by atoms with E-state index in [0.717, 1.165) is 41.7 Å². The summed E-state index contributed by atoms with van der Waals surface area (Å²) in [5.74, 6) is -0.468. The van der Waals surface area contributed by atoms with Crippen molar-refractivity contribution in [3.63, 3.8) is 0 Å². The molecule has 1 aliphatic carbocycles. The van der Waals surface area contributed by atoms with E-state index in [1.165, 1.54) is 35.4 Å². The molecule has 0 saturated heterocycles. The molecule has 3 aromatic rings. The van der Waals surface area contributed by atoms with E-state index < -0.39 is 10.8 Å². The lowest BCUT2D eigenvalue weighted by Gasteiger charge is -2.29. The van der Waals surface area contributed by atoms with E-state index in [1.807, 2.05) is 66.7 Å². The number of hydrazone groups is 1. The molecule has 1 saturated carbocycles. The highest BCUT2D eigenvalue weighted by molar-refractivity contribution is 6.10. The van der Waals surface area contributed by atoms with Crippen LogP contribution in [0.25, 0.3) is 12.2 Å². The third kappa shape index (κ3) is 4.95. The lowest BCUT2D eigenvalue weighted by molar-refractivity contribution is -0.384. The molecular weight excluding hydrogens is 464 g/mol. The molecule has 0 bridgehead atoms. The van der Waals surface area contributed by atoms with Crippen molar-refractivity contribution in [3.8, 4) is 6.07 Å². The number of carbonyl (C=O) groups is 1. The third-order valence-corrected chi connectivity index (χ3v) is 6.76. The molecule has 0 radical (unpaired) electrons. The van der Waals surface area contributed by atoms with Gasteiger partial charge in [-0.15, -0.1) is 0 Å². The van der Waals surface area contributed by atoms with Gasteiger partial charge in [0.25, 0.3) is 11.6 Å². The van der Waals surface area contributed by atoms with Crippen LogP contribution in [0.1, 0.15) is 42.0 Å². The Kier molecular flexibility index (Phi) is 6.73. The van der Waals surface area contributed by atoms with Crippen LogP contribution in [0.3, 0.4) is 0 Å². The van der Waals surface area contributed by atoms with Crippen molar-refractivity contribution in [2.24, 2.45) is 11.0 Å². The molecule has 1 aliphatic heterocycles. The number of nitro benzene ring substituents is 1. The van der Waals surface area contributed by atoms with E-state index in [9.17, 15) is 20.2 Å². The predicted octanol–water partition coefficient (Wildman–Crippen LogP) is 6.32. The molecule has 5 rings (SSSR count). The molecule has 3 aromatic carbocycles. The zero-order valence-corrected chi connectivity index (χ0v) is 20.0. The minimum Gasteiger partial charge on any atom is -0.266 e. The SMILES string of the molecule is N#C/C(=C/c1ccc([N+](=O)[O-])cc1)C(=O)N1N=C2/C(=C/c3ccccc3)CCCC2C1c1ccccc1. The Morgan fingerprint density at radius 2 is 1.68 bits per heavy atom. The number of nitro groups is 1. The zero-order valence-electron chi connectivity index (χ0n) is 20.0. The monoisotopic (exact) mass is 488 g/mol. The number of carbonyl (C=O) groups excluding carboxylic acids is 1. The largest absolute Gasteiger partial charge is 0.285 e. The van der Waals surface area contributed by atoms with Crippen LogP contribution in [-0.4, -0.2) is 21.6 Å². The predicted molar refractivity (Wildman–Crippen MR) is 142 cm³/mol. The molecule has 0 spiro atoms. The summed E-state index contributed by atoms with van der Waals surface area (Å²) in [6.07, 6.45) is 6.34.